The van der Waals surface area contributed by atoms with Crippen LogP contribution >= 0.6 is 50.1 Å². The minimum absolute atomic E-state index is 0.412. The molecule has 0 heterocycles. The first-order valence-corrected chi connectivity index (χ1v) is 6.53. The smallest absolute Gasteiger partial charge is 0.158 e. The first-order chi connectivity index (χ1) is 6.57. The minimum atomic E-state index is -0.686. The van der Waals surface area contributed by atoms with Crippen molar-refractivity contribution in [3.05, 3.63) is 31.9 Å². The van der Waals surface area contributed by atoms with Gasteiger partial charge in [-0.2, -0.15) is 0 Å². The van der Waals surface area contributed by atoms with E-state index in [1.54, 1.807) is 0 Å². The summed E-state index contributed by atoms with van der Waals surface area (Å²) in [6.07, 6.45) is 1.49. The Morgan fingerprint density at radius 2 is 2.07 bits per heavy atom. The van der Waals surface area contributed by atoms with Crippen LogP contribution < -0.4 is 0 Å². The SMILES string of the molecule is Fc1cc(CCCBr)c(I)c(F)c1Cl. The number of halogens is 5. The fourth-order valence-corrected chi connectivity index (χ4v) is 2.34. The Morgan fingerprint density at radius 1 is 1.43 bits per heavy atom. The molecule has 0 bridgehead atoms. The lowest BCUT2D eigenvalue weighted by Crippen LogP contribution is -1.97. The molecule has 1 rings (SSSR count). The number of hydrogen-bond acceptors (Lipinski definition) is 0. The molecule has 14 heavy (non-hydrogen) atoms. The molecule has 78 valence electrons. The highest BCUT2D eigenvalue weighted by molar-refractivity contribution is 14.1. The summed E-state index contributed by atoms with van der Waals surface area (Å²) in [5.74, 6) is -1.34. The van der Waals surface area contributed by atoms with Crippen LogP contribution in [0.5, 0.6) is 0 Å². The topological polar surface area (TPSA) is 0 Å². The maximum atomic E-state index is 13.3. The zero-order chi connectivity index (χ0) is 10.7. The third kappa shape index (κ3) is 2.79. The van der Waals surface area contributed by atoms with E-state index in [2.05, 4.69) is 15.9 Å². The Balaban J connectivity index is 3.06. The maximum Gasteiger partial charge on any atom is 0.158 e. The second-order valence-electron chi connectivity index (χ2n) is 2.75. The van der Waals surface area contributed by atoms with Gasteiger partial charge < -0.3 is 0 Å². The predicted molar refractivity (Wildman–Crippen MR) is 66.2 cm³/mol. The van der Waals surface area contributed by atoms with Crippen molar-refractivity contribution in [2.75, 3.05) is 5.33 Å². The Morgan fingerprint density at radius 3 is 2.64 bits per heavy atom. The minimum Gasteiger partial charge on any atom is -0.205 e. The molecule has 5 heteroatoms. The quantitative estimate of drug-likeness (QED) is 0.305. The van der Waals surface area contributed by atoms with Crippen molar-refractivity contribution in [3.63, 3.8) is 0 Å². The number of aryl methyl sites for hydroxylation is 1. The van der Waals surface area contributed by atoms with Crippen LogP contribution in [0.2, 0.25) is 5.02 Å². The van der Waals surface area contributed by atoms with Crippen LogP contribution in [-0.2, 0) is 6.42 Å². The zero-order valence-electron chi connectivity index (χ0n) is 7.09. The third-order valence-electron chi connectivity index (χ3n) is 1.76. The van der Waals surface area contributed by atoms with Gasteiger partial charge in [0, 0.05) is 5.33 Å². The van der Waals surface area contributed by atoms with Gasteiger partial charge in [-0.05, 0) is 47.1 Å². The van der Waals surface area contributed by atoms with E-state index in [4.69, 9.17) is 11.6 Å². The summed E-state index contributed by atoms with van der Waals surface area (Å²) in [6, 6.07) is 1.30. The molecule has 0 radical (unpaired) electrons. The van der Waals surface area contributed by atoms with Gasteiger partial charge in [-0.1, -0.05) is 27.5 Å². The van der Waals surface area contributed by atoms with Crippen molar-refractivity contribution < 1.29 is 8.78 Å². The highest BCUT2D eigenvalue weighted by atomic mass is 127. The molecule has 0 aliphatic heterocycles. The van der Waals surface area contributed by atoms with E-state index in [1.165, 1.54) is 6.07 Å². The number of hydrogen-bond donors (Lipinski definition) is 0. The normalized spacial score (nSPS) is 10.6. The second-order valence-corrected chi connectivity index (χ2v) is 5.00. The molecule has 1 aromatic rings. The summed E-state index contributed by atoms with van der Waals surface area (Å²) in [6.45, 7) is 0. The molecule has 0 fully saturated rings. The Hall–Kier alpha value is 0.580. The molecule has 0 saturated heterocycles. The van der Waals surface area contributed by atoms with E-state index in [-0.39, 0.29) is 0 Å². The molecular weight excluding hydrogens is 388 g/mol. The lowest BCUT2D eigenvalue weighted by atomic mass is 10.1. The van der Waals surface area contributed by atoms with Crippen molar-refractivity contribution in [2.45, 2.75) is 12.8 Å². The number of alkyl halides is 1. The average molecular weight is 395 g/mol. The van der Waals surface area contributed by atoms with Gasteiger partial charge in [0.1, 0.15) is 10.8 Å². The lowest BCUT2D eigenvalue weighted by Gasteiger charge is -2.06. The molecule has 0 amide bonds. The summed E-state index contributed by atoms with van der Waals surface area (Å²) >= 11 is 10.5. The fraction of sp³-hybridized carbons (Fsp3) is 0.333. The van der Waals surface area contributed by atoms with Crippen LogP contribution in [0.15, 0.2) is 6.07 Å². The van der Waals surface area contributed by atoms with Crippen LogP contribution in [0.4, 0.5) is 8.78 Å². The van der Waals surface area contributed by atoms with Gasteiger partial charge >= 0.3 is 0 Å². The largest absolute Gasteiger partial charge is 0.205 e. The molecule has 0 unspecified atom stereocenters. The Labute approximate surface area is 108 Å². The van der Waals surface area contributed by atoms with Crippen LogP contribution in [0.3, 0.4) is 0 Å². The number of rotatable bonds is 3. The molecule has 0 atom stereocenters. The van der Waals surface area contributed by atoms with Crippen molar-refractivity contribution in [1.82, 2.24) is 0 Å². The highest BCUT2D eigenvalue weighted by Gasteiger charge is 2.14. The van der Waals surface area contributed by atoms with Gasteiger partial charge in [-0.3, -0.25) is 0 Å². The third-order valence-corrected chi connectivity index (χ3v) is 3.83. The highest BCUT2D eigenvalue weighted by Crippen LogP contribution is 2.27. The molecule has 0 aromatic heterocycles. The van der Waals surface area contributed by atoms with Crippen LogP contribution in [0, 0.1) is 15.2 Å². The van der Waals surface area contributed by atoms with Crippen LogP contribution in [0.1, 0.15) is 12.0 Å². The summed E-state index contributed by atoms with van der Waals surface area (Å²) in [4.78, 5) is 0. The summed E-state index contributed by atoms with van der Waals surface area (Å²) in [5.41, 5.74) is 0.671. The predicted octanol–water partition coefficient (Wildman–Crippen LogP) is 4.55. The molecular formula is C9H7BrClF2I. The molecule has 0 aliphatic carbocycles. The monoisotopic (exact) mass is 394 g/mol. The van der Waals surface area contributed by atoms with Gasteiger partial charge in [-0.15, -0.1) is 0 Å². The standard InChI is InChI=1S/C9H7BrClF2I/c10-3-1-2-5-4-6(12)7(11)8(13)9(5)14/h4H,1-3H2. The molecule has 1 aromatic carbocycles. The van der Waals surface area contributed by atoms with Gasteiger partial charge in [0.25, 0.3) is 0 Å². The lowest BCUT2D eigenvalue weighted by molar-refractivity contribution is 0.574. The Bertz CT molecular complexity index is 344. The van der Waals surface area contributed by atoms with E-state index in [9.17, 15) is 8.78 Å². The van der Waals surface area contributed by atoms with Gasteiger partial charge in [-0.25, -0.2) is 8.78 Å². The zero-order valence-corrected chi connectivity index (χ0v) is 11.6. The van der Waals surface area contributed by atoms with Crippen molar-refractivity contribution in [1.29, 1.82) is 0 Å². The van der Waals surface area contributed by atoms with Crippen LogP contribution in [-0.4, -0.2) is 5.33 Å². The molecule has 0 nitrogen and oxygen atoms in total. The van der Waals surface area contributed by atoms with Crippen molar-refractivity contribution in [2.24, 2.45) is 0 Å². The summed E-state index contributed by atoms with van der Waals surface area (Å²) in [5, 5.41) is 0.395. The van der Waals surface area contributed by atoms with E-state index in [1.807, 2.05) is 22.6 Å². The van der Waals surface area contributed by atoms with E-state index >= 15 is 0 Å². The van der Waals surface area contributed by atoms with Gasteiger partial charge in [0.2, 0.25) is 0 Å². The molecule has 0 N–H and O–H groups in total. The number of benzene rings is 1. The summed E-state index contributed by atoms with van der Waals surface area (Å²) in [7, 11) is 0. The first kappa shape index (κ1) is 12.6. The van der Waals surface area contributed by atoms with E-state index < -0.39 is 16.7 Å². The first-order valence-electron chi connectivity index (χ1n) is 3.95. The van der Waals surface area contributed by atoms with E-state index in [0.29, 0.717) is 15.6 Å². The molecule has 0 spiro atoms. The second kappa shape index (κ2) is 5.61. The summed E-state index contributed by atoms with van der Waals surface area (Å²) < 4.78 is 26.8. The van der Waals surface area contributed by atoms with Crippen molar-refractivity contribution >= 4 is 50.1 Å². The van der Waals surface area contributed by atoms with Crippen molar-refractivity contribution in [3.8, 4) is 0 Å². The molecule has 0 saturated carbocycles. The fourth-order valence-electron chi connectivity index (χ4n) is 1.06. The average Bonchev–Trinajstić information content (AvgIpc) is 2.18. The van der Waals surface area contributed by atoms with Crippen LogP contribution in [0.25, 0.3) is 0 Å². The van der Waals surface area contributed by atoms with E-state index in [0.717, 1.165) is 11.8 Å². The molecule has 0 aliphatic rings. The van der Waals surface area contributed by atoms with Gasteiger partial charge in [0.15, 0.2) is 5.82 Å². The Kier molecular flexibility index (Phi) is 5.06. The van der Waals surface area contributed by atoms with Gasteiger partial charge in [0.05, 0.1) is 3.57 Å². The maximum absolute atomic E-state index is 13.3.